The van der Waals surface area contributed by atoms with Crippen LogP contribution in [-0.2, 0) is 6.54 Å². The molecule has 0 saturated heterocycles. The predicted molar refractivity (Wildman–Crippen MR) is 79.9 cm³/mol. The van der Waals surface area contributed by atoms with Crippen molar-refractivity contribution in [2.45, 2.75) is 39.8 Å². The van der Waals surface area contributed by atoms with Crippen LogP contribution in [0.4, 0.5) is 0 Å². The number of rotatable bonds is 5. The van der Waals surface area contributed by atoms with Gasteiger partial charge in [-0.05, 0) is 24.0 Å². The summed E-state index contributed by atoms with van der Waals surface area (Å²) in [6, 6.07) is 3.33. The normalized spacial score (nSPS) is 13.6. The van der Waals surface area contributed by atoms with Crippen LogP contribution in [-0.4, -0.2) is 22.9 Å². The van der Waals surface area contributed by atoms with Gasteiger partial charge in [0.2, 0.25) is 0 Å². The van der Waals surface area contributed by atoms with Crippen LogP contribution in [0.1, 0.15) is 32.8 Å². The number of hydrogen-bond acceptors (Lipinski definition) is 3. The minimum atomic E-state index is 0.0146. The number of aromatic hydroxyl groups is 1. The van der Waals surface area contributed by atoms with Crippen molar-refractivity contribution in [1.82, 2.24) is 5.32 Å². The second-order valence-electron chi connectivity index (χ2n) is 5.71. The molecule has 1 aromatic carbocycles. The molecule has 3 N–H and O–H groups in total. The van der Waals surface area contributed by atoms with E-state index < -0.39 is 0 Å². The van der Waals surface area contributed by atoms with Gasteiger partial charge in [0, 0.05) is 29.8 Å². The Morgan fingerprint density at radius 2 is 1.89 bits per heavy atom. The third-order valence-electron chi connectivity index (χ3n) is 3.11. The molecular formula is C14H21Cl2NO2. The number of aliphatic hydroxyl groups excluding tert-OH is 1. The van der Waals surface area contributed by atoms with Gasteiger partial charge in [0.05, 0.1) is 5.02 Å². The first-order valence-electron chi connectivity index (χ1n) is 6.27. The molecule has 3 nitrogen and oxygen atoms in total. The fourth-order valence-electron chi connectivity index (χ4n) is 1.96. The zero-order valence-corrected chi connectivity index (χ0v) is 13.0. The molecule has 5 heteroatoms. The number of phenolic OH excluding ortho intramolecular Hbond substituents is 1. The summed E-state index contributed by atoms with van der Waals surface area (Å²) in [5.74, 6) is 0.0511. The van der Waals surface area contributed by atoms with Crippen LogP contribution in [0.3, 0.4) is 0 Å². The number of benzene rings is 1. The van der Waals surface area contributed by atoms with E-state index in [9.17, 15) is 5.11 Å². The third-order valence-corrected chi connectivity index (χ3v) is 3.62. The van der Waals surface area contributed by atoms with Gasteiger partial charge in [0.25, 0.3) is 0 Å². The van der Waals surface area contributed by atoms with Crippen molar-refractivity contribution in [3.63, 3.8) is 0 Å². The minimum absolute atomic E-state index is 0.0146. The zero-order chi connectivity index (χ0) is 14.6. The van der Waals surface area contributed by atoms with Crippen molar-refractivity contribution >= 4 is 23.2 Å². The molecule has 0 heterocycles. The molecule has 108 valence electrons. The van der Waals surface area contributed by atoms with E-state index in [0.717, 1.165) is 0 Å². The summed E-state index contributed by atoms with van der Waals surface area (Å²) in [6.07, 6.45) is 0.651. The highest BCUT2D eigenvalue weighted by atomic mass is 35.5. The summed E-state index contributed by atoms with van der Waals surface area (Å²) in [4.78, 5) is 0. The molecule has 0 fully saturated rings. The molecule has 0 radical (unpaired) electrons. The lowest BCUT2D eigenvalue weighted by Gasteiger charge is -2.31. The van der Waals surface area contributed by atoms with Gasteiger partial charge in [0.15, 0.2) is 0 Å². The Kier molecular flexibility index (Phi) is 5.93. The van der Waals surface area contributed by atoms with E-state index in [1.807, 2.05) is 0 Å². The van der Waals surface area contributed by atoms with Crippen molar-refractivity contribution in [2.75, 3.05) is 6.61 Å². The van der Waals surface area contributed by atoms with E-state index in [4.69, 9.17) is 28.3 Å². The van der Waals surface area contributed by atoms with Crippen molar-refractivity contribution in [3.05, 3.63) is 27.7 Å². The van der Waals surface area contributed by atoms with Gasteiger partial charge >= 0.3 is 0 Å². The highest BCUT2D eigenvalue weighted by Gasteiger charge is 2.23. The Bertz CT molecular complexity index is 430. The standard InChI is InChI=1S/C14H21Cl2NO2/c1-14(2,3)12(4-5-18)17-8-9-6-10(15)7-11(16)13(9)19/h6-7,12,17-19H,4-5,8H2,1-3H3. The topological polar surface area (TPSA) is 52.5 Å². The average Bonchev–Trinajstić information content (AvgIpc) is 2.28. The molecule has 0 spiro atoms. The Labute approximate surface area is 124 Å². The van der Waals surface area contributed by atoms with Gasteiger partial charge in [0.1, 0.15) is 5.75 Å². The van der Waals surface area contributed by atoms with Crippen molar-refractivity contribution < 1.29 is 10.2 Å². The third kappa shape index (κ3) is 4.84. The first kappa shape index (κ1) is 16.6. The number of hydrogen-bond donors (Lipinski definition) is 3. The quantitative estimate of drug-likeness (QED) is 0.779. The Hall–Kier alpha value is -0.480. The van der Waals surface area contributed by atoms with E-state index >= 15 is 0 Å². The predicted octanol–water partition coefficient (Wildman–Crippen LogP) is 3.59. The van der Waals surface area contributed by atoms with Gasteiger partial charge < -0.3 is 15.5 Å². The van der Waals surface area contributed by atoms with Crippen LogP contribution in [0.25, 0.3) is 0 Å². The zero-order valence-electron chi connectivity index (χ0n) is 11.5. The largest absolute Gasteiger partial charge is 0.506 e. The lowest BCUT2D eigenvalue weighted by Crippen LogP contribution is -2.40. The highest BCUT2D eigenvalue weighted by molar-refractivity contribution is 6.35. The maximum atomic E-state index is 9.89. The highest BCUT2D eigenvalue weighted by Crippen LogP contribution is 2.31. The van der Waals surface area contributed by atoms with E-state index in [1.165, 1.54) is 6.07 Å². The second kappa shape index (κ2) is 6.80. The smallest absolute Gasteiger partial charge is 0.138 e. The van der Waals surface area contributed by atoms with E-state index in [2.05, 4.69) is 26.1 Å². The summed E-state index contributed by atoms with van der Waals surface area (Å²) in [5.41, 5.74) is 0.672. The first-order valence-corrected chi connectivity index (χ1v) is 7.02. The second-order valence-corrected chi connectivity index (χ2v) is 6.55. The minimum Gasteiger partial charge on any atom is -0.506 e. The fourth-order valence-corrected chi connectivity index (χ4v) is 2.49. The monoisotopic (exact) mass is 305 g/mol. The van der Waals surface area contributed by atoms with Gasteiger partial charge in [-0.25, -0.2) is 0 Å². The van der Waals surface area contributed by atoms with Gasteiger partial charge in [-0.1, -0.05) is 44.0 Å². The lowest BCUT2D eigenvalue weighted by molar-refractivity contribution is 0.196. The SMILES string of the molecule is CC(C)(C)C(CCO)NCc1cc(Cl)cc(Cl)c1O. The average molecular weight is 306 g/mol. The molecule has 1 rings (SSSR count). The molecule has 0 aliphatic heterocycles. The molecular weight excluding hydrogens is 285 g/mol. The molecule has 1 atom stereocenters. The van der Waals surface area contributed by atoms with Crippen molar-refractivity contribution in [3.8, 4) is 5.75 Å². The van der Waals surface area contributed by atoms with Crippen molar-refractivity contribution in [2.24, 2.45) is 5.41 Å². The summed E-state index contributed by atoms with van der Waals surface area (Å²) in [7, 11) is 0. The molecule has 0 aliphatic rings. The number of nitrogens with one attached hydrogen (secondary N) is 1. The molecule has 0 bridgehead atoms. The van der Waals surface area contributed by atoms with Gasteiger partial charge in [-0.3, -0.25) is 0 Å². The van der Waals surface area contributed by atoms with Gasteiger partial charge in [-0.15, -0.1) is 0 Å². The Balaban J connectivity index is 2.80. The van der Waals surface area contributed by atoms with Crippen LogP contribution < -0.4 is 5.32 Å². The number of aliphatic hydroxyl groups is 1. The van der Waals surface area contributed by atoms with Crippen LogP contribution in [0, 0.1) is 5.41 Å². The summed E-state index contributed by atoms with van der Waals surface area (Å²) >= 11 is 11.8. The number of phenols is 1. The number of halogens is 2. The fraction of sp³-hybridized carbons (Fsp3) is 0.571. The molecule has 0 aromatic heterocycles. The molecule has 0 saturated carbocycles. The first-order chi connectivity index (χ1) is 8.75. The van der Waals surface area contributed by atoms with Crippen molar-refractivity contribution in [1.29, 1.82) is 0 Å². The van der Waals surface area contributed by atoms with E-state index in [1.54, 1.807) is 6.07 Å². The van der Waals surface area contributed by atoms with Crippen LogP contribution in [0.15, 0.2) is 12.1 Å². The van der Waals surface area contributed by atoms with Gasteiger partial charge in [-0.2, -0.15) is 0 Å². The van der Waals surface area contributed by atoms with E-state index in [-0.39, 0.29) is 28.8 Å². The molecule has 0 aliphatic carbocycles. The summed E-state index contributed by atoms with van der Waals surface area (Å²) < 4.78 is 0. The maximum absolute atomic E-state index is 9.89. The van der Waals surface area contributed by atoms with Crippen LogP contribution in [0.5, 0.6) is 5.75 Å². The maximum Gasteiger partial charge on any atom is 0.138 e. The lowest BCUT2D eigenvalue weighted by atomic mass is 9.85. The Morgan fingerprint density at radius 3 is 2.42 bits per heavy atom. The molecule has 1 aromatic rings. The van der Waals surface area contributed by atoms with E-state index in [0.29, 0.717) is 23.6 Å². The summed E-state index contributed by atoms with van der Waals surface area (Å²) in [6.45, 7) is 6.88. The van der Waals surface area contributed by atoms with Crippen LogP contribution >= 0.6 is 23.2 Å². The molecule has 0 amide bonds. The molecule has 19 heavy (non-hydrogen) atoms. The van der Waals surface area contributed by atoms with Crippen LogP contribution in [0.2, 0.25) is 10.0 Å². The summed E-state index contributed by atoms with van der Waals surface area (Å²) in [5, 5.41) is 23.1. The molecule has 1 unspecified atom stereocenters. The Morgan fingerprint density at radius 1 is 1.26 bits per heavy atom.